The third-order valence-electron chi connectivity index (χ3n) is 4.44. The van der Waals surface area contributed by atoms with Crippen LogP contribution >= 0.6 is 0 Å². The van der Waals surface area contributed by atoms with Crippen LogP contribution in [0.2, 0.25) is 0 Å². The lowest BCUT2D eigenvalue weighted by Gasteiger charge is -2.10. The van der Waals surface area contributed by atoms with Gasteiger partial charge in [0, 0.05) is 31.4 Å². The van der Waals surface area contributed by atoms with Gasteiger partial charge in [0.25, 0.3) is 5.91 Å². The third kappa shape index (κ3) is 4.21. The van der Waals surface area contributed by atoms with Crippen molar-refractivity contribution < 1.29 is 9.32 Å². The van der Waals surface area contributed by atoms with Crippen LogP contribution in [0.5, 0.6) is 0 Å². The Morgan fingerprint density at radius 1 is 1.25 bits per heavy atom. The van der Waals surface area contributed by atoms with Gasteiger partial charge in [-0.2, -0.15) is 5.10 Å². The van der Waals surface area contributed by atoms with E-state index in [2.05, 4.69) is 25.9 Å². The van der Waals surface area contributed by atoms with Crippen LogP contribution in [-0.4, -0.2) is 32.4 Å². The van der Waals surface area contributed by atoms with Gasteiger partial charge in [-0.15, -0.1) is 0 Å². The first-order chi connectivity index (χ1) is 13.4. The van der Waals surface area contributed by atoms with Crippen molar-refractivity contribution in [3.05, 3.63) is 47.6 Å². The molecule has 8 nitrogen and oxygen atoms in total. The zero-order chi connectivity index (χ0) is 20.3. The minimum Gasteiger partial charge on any atom is -0.370 e. The van der Waals surface area contributed by atoms with Gasteiger partial charge >= 0.3 is 0 Å². The van der Waals surface area contributed by atoms with Crippen molar-refractivity contribution in [3.63, 3.8) is 0 Å². The molecule has 0 aliphatic carbocycles. The van der Waals surface area contributed by atoms with Crippen LogP contribution in [0, 0.1) is 0 Å². The molecule has 0 aromatic carbocycles. The summed E-state index contributed by atoms with van der Waals surface area (Å²) >= 11 is 0. The molecule has 3 aromatic heterocycles. The Balaban J connectivity index is 1.73. The Hall–Kier alpha value is -3.16. The summed E-state index contributed by atoms with van der Waals surface area (Å²) in [4.78, 5) is 16.9. The number of nitrogens with zero attached hydrogens (tertiary/aromatic N) is 4. The van der Waals surface area contributed by atoms with E-state index in [1.54, 1.807) is 17.9 Å². The van der Waals surface area contributed by atoms with Gasteiger partial charge in [-0.3, -0.25) is 9.48 Å². The molecule has 8 heteroatoms. The minimum absolute atomic E-state index is 0.203. The van der Waals surface area contributed by atoms with Crippen LogP contribution in [0.15, 0.2) is 35.0 Å². The lowest BCUT2D eigenvalue weighted by Crippen LogP contribution is -2.28. The number of pyridine rings is 1. The molecular weight excluding hydrogens is 356 g/mol. The Bertz CT molecular complexity index is 959. The molecule has 0 spiro atoms. The van der Waals surface area contributed by atoms with Gasteiger partial charge in [0.15, 0.2) is 5.76 Å². The number of amides is 1. The number of hydrogen-bond donors (Lipinski definition) is 2. The van der Waals surface area contributed by atoms with Crippen molar-refractivity contribution >= 4 is 11.7 Å². The Kier molecular flexibility index (Phi) is 5.77. The Morgan fingerprint density at radius 2 is 2.04 bits per heavy atom. The van der Waals surface area contributed by atoms with Gasteiger partial charge in [-0.25, -0.2) is 4.98 Å². The summed E-state index contributed by atoms with van der Waals surface area (Å²) in [6, 6.07) is 7.10. The van der Waals surface area contributed by atoms with E-state index in [9.17, 15) is 4.79 Å². The molecule has 3 rings (SSSR count). The van der Waals surface area contributed by atoms with Crippen LogP contribution in [0.25, 0.3) is 11.3 Å². The van der Waals surface area contributed by atoms with Gasteiger partial charge in [0.2, 0.25) is 0 Å². The van der Waals surface area contributed by atoms with E-state index in [1.807, 2.05) is 52.0 Å². The fourth-order valence-electron chi connectivity index (χ4n) is 2.82. The van der Waals surface area contributed by atoms with E-state index in [0.717, 1.165) is 23.6 Å². The highest BCUT2D eigenvalue weighted by Crippen LogP contribution is 2.24. The molecule has 0 unspecified atom stereocenters. The maximum Gasteiger partial charge on any atom is 0.270 e. The quantitative estimate of drug-likeness (QED) is 0.649. The molecule has 1 atom stereocenters. The fraction of sp³-hybridized carbons (Fsp3) is 0.400. The number of anilines is 1. The maximum atomic E-state index is 12.6. The summed E-state index contributed by atoms with van der Waals surface area (Å²) in [5.41, 5.74) is 2.99. The molecule has 0 saturated carbocycles. The number of nitrogens with one attached hydrogen (secondary N) is 2. The number of rotatable bonds is 7. The fourth-order valence-corrected chi connectivity index (χ4v) is 2.82. The monoisotopic (exact) mass is 382 g/mol. The van der Waals surface area contributed by atoms with Crippen molar-refractivity contribution in [2.75, 3.05) is 11.9 Å². The van der Waals surface area contributed by atoms with Crippen molar-refractivity contribution in [2.45, 2.75) is 39.7 Å². The minimum atomic E-state index is -0.332. The third-order valence-corrected chi connectivity index (χ3v) is 4.44. The Morgan fingerprint density at radius 3 is 2.71 bits per heavy atom. The van der Waals surface area contributed by atoms with Gasteiger partial charge in [0.1, 0.15) is 17.2 Å². The summed E-state index contributed by atoms with van der Waals surface area (Å²) in [5, 5.41) is 14.6. The number of carbonyl (C=O) groups is 1. The number of aryl methyl sites for hydroxylation is 1. The summed E-state index contributed by atoms with van der Waals surface area (Å²) in [6.45, 7) is 8.75. The van der Waals surface area contributed by atoms with Crippen LogP contribution < -0.4 is 10.6 Å². The molecule has 0 fully saturated rings. The first-order valence-corrected chi connectivity index (χ1v) is 9.40. The van der Waals surface area contributed by atoms with Crippen molar-refractivity contribution in [1.82, 2.24) is 25.2 Å². The van der Waals surface area contributed by atoms with E-state index < -0.39 is 0 Å². The molecule has 0 radical (unpaired) electrons. The SMILES string of the molecule is CCNc1cc(-c2cc([C@@H](C)NC(=O)c3cc(C(C)C)nn3C)on2)ccn1. The average molecular weight is 382 g/mol. The standard InChI is InChI=1S/C20H26N6O2/c1-6-21-19-9-14(7-8-22-19)16-11-18(28-25-16)13(4)23-20(27)17-10-15(12(2)3)24-26(17)5/h7-13H,6H2,1-5H3,(H,21,22)(H,23,27)/t13-/m1/s1. The molecule has 0 aliphatic heterocycles. The lowest BCUT2D eigenvalue weighted by atomic mass is 10.1. The van der Waals surface area contributed by atoms with Gasteiger partial charge < -0.3 is 15.2 Å². The van der Waals surface area contributed by atoms with Gasteiger partial charge in [-0.05, 0) is 38.0 Å². The van der Waals surface area contributed by atoms with E-state index in [4.69, 9.17) is 4.52 Å². The molecule has 1 amide bonds. The predicted octanol–water partition coefficient (Wildman–Crippen LogP) is 3.52. The predicted molar refractivity (Wildman–Crippen MR) is 107 cm³/mol. The molecule has 3 heterocycles. The second-order valence-electron chi connectivity index (χ2n) is 7.00. The second-order valence-corrected chi connectivity index (χ2v) is 7.00. The van der Waals surface area contributed by atoms with Crippen molar-refractivity contribution in [3.8, 4) is 11.3 Å². The number of carbonyl (C=O) groups excluding carboxylic acids is 1. The zero-order valence-electron chi connectivity index (χ0n) is 16.9. The van der Waals surface area contributed by atoms with Crippen molar-refractivity contribution in [1.29, 1.82) is 0 Å². The van der Waals surface area contributed by atoms with E-state index in [0.29, 0.717) is 17.1 Å². The Labute approximate surface area is 164 Å². The largest absolute Gasteiger partial charge is 0.370 e. The molecule has 0 bridgehead atoms. The first kappa shape index (κ1) is 19.6. The second kappa shape index (κ2) is 8.24. The van der Waals surface area contributed by atoms with E-state index in [1.165, 1.54) is 0 Å². The van der Waals surface area contributed by atoms with Crippen LogP contribution in [0.1, 0.15) is 61.6 Å². The summed E-state index contributed by atoms with van der Waals surface area (Å²) in [7, 11) is 1.77. The first-order valence-electron chi connectivity index (χ1n) is 9.40. The molecule has 0 aliphatic rings. The normalized spacial score (nSPS) is 12.2. The van der Waals surface area contributed by atoms with Gasteiger partial charge in [-0.1, -0.05) is 19.0 Å². The number of hydrogen-bond acceptors (Lipinski definition) is 6. The van der Waals surface area contributed by atoms with Crippen LogP contribution in [0.3, 0.4) is 0 Å². The molecular formula is C20H26N6O2. The van der Waals surface area contributed by atoms with E-state index in [-0.39, 0.29) is 17.9 Å². The molecule has 2 N–H and O–H groups in total. The van der Waals surface area contributed by atoms with Crippen molar-refractivity contribution in [2.24, 2.45) is 7.05 Å². The van der Waals surface area contributed by atoms with E-state index >= 15 is 0 Å². The highest BCUT2D eigenvalue weighted by Gasteiger charge is 2.20. The average Bonchev–Trinajstić information content (AvgIpc) is 3.29. The lowest BCUT2D eigenvalue weighted by molar-refractivity contribution is 0.0924. The number of aromatic nitrogens is 4. The topological polar surface area (TPSA) is 97.9 Å². The zero-order valence-corrected chi connectivity index (χ0v) is 16.9. The highest BCUT2D eigenvalue weighted by molar-refractivity contribution is 5.92. The van der Waals surface area contributed by atoms with Crippen LogP contribution in [-0.2, 0) is 7.05 Å². The van der Waals surface area contributed by atoms with Crippen LogP contribution in [0.4, 0.5) is 5.82 Å². The smallest absolute Gasteiger partial charge is 0.270 e. The summed E-state index contributed by atoms with van der Waals surface area (Å²) < 4.78 is 7.06. The highest BCUT2D eigenvalue weighted by atomic mass is 16.5. The molecule has 3 aromatic rings. The molecule has 148 valence electrons. The molecule has 0 saturated heterocycles. The maximum absolute atomic E-state index is 12.6. The summed E-state index contributed by atoms with van der Waals surface area (Å²) in [5.74, 6) is 1.42. The molecule has 28 heavy (non-hydrogen) atoms. The summed E-state index contributed by atoms with van der Waals surface area (Å²) in [6.07, 6.45) is 1.72. The van der Waals surface area contributed by atoms with Gasteiger partial charge in [0.05, 0.1) is 11.7 Å².